The smallest absolute Gasteiger partial charge is 0.138 e. The SMILES string of the molecule is Cc1ncccc1NCNc1ccccc1O. The zero-order valence-electron chi connectivity index (χ0n) is 9.64. The summed E-state index contributed by atoms with van der Waals surface area (Å²) in [6.45, 7) is 2.48. The van der Waals surface area contributed by atoms with E-state index in [0.29, 0.717) is 12.4 Å². The molecule has 0 spiro atoms. The molecule has 0 aliphatic heterocycles. The zero-order valence-corrected chi connectivity index (χ0v) is 9.64. The second kappa shape index (κ2) is 5.21. The molecule has 0 fully saturated rings. The minimum absolute atomic E-state index is 0.247. The Balaban J connectivity index is 1.93. The molecule has 4 nitrogen and oxygen atoms in total. The predicted octanol–water partition coefficient (Wildman–Crippen LogP) is 2.58. The summed E-state index contributed by atoms with van der Waals surface area (Å²) in [5.41, 5.74) is 2.64. The minimum Gasteiger partial charge on any atom is -0.506 e. The molecule has 1 aromatic heterocycles. The van der Waals surface area contributed by atoms with Crippen LogP contribution < -0.4 is 10.6 Å². The van der Waals surface area contributed by atoms with Crippen molar-refractivity contribution in [3.63, 3.8) is 0 Å². The van der Waals surface area contributed by atoms with E-state index in [2.05, 4.69) is 15.6 Å². The number of nitrogens with zero attached hydrogens (tertiary/aromatic N) is 1. The average molecular weight is 229 g/mol. The maximum absolute atomic E-state index is 9.56. The van der Waals surface area contributed by atoms with E-state index in [9.17, 15) is 5.11 Å². The molecule has 0 aliphatic carbocycles. The molecule has 0 radical (unpaired) electrons. The number of hydrogen-bond donors (Lipinski definition) is 3. The van der Waals surface area contributed by atoms with Crippen LogP contribution in [0.3, 0.4) is 0 Å². The Hall–Kier alpha value is -2.23. The van der Waals surface area contributed by atoms with Crippen molar-refractivity contribution in [2.24, 2.45) is 0 Å². The summed E-state index contributed by atoms with van der Waals surface area (Å²) in [6.07, 6.45) is 1.76. The molecule has 0 saturated heterocycles. The number of aryl methyl sites for hydroxylation is 1. The lowest BCUT2D eigenvalue weighted by molar-refractivity contribution is 0.477. The molecule has 1 heterocycles. The molecule has 2 aromatic rings. The maximum atomic E-state index is 9.56. The first-order chi connectivity index (χ1) is 8.27. The van der Waals surface area contributed by atoms with Crippen LogP contribution in [0.2, 0.25) is 0 Å². The van der Waals surface area contributed by atoms with Crippen molar-refractivity contribution in [2.45, 2.75) is 6.92 Å². The van der Waals surface area contributed by atoms with Crippen LogP contribution in [-0.2, 0) is 0 Å². The highest BCUT2D eigenvalue weighted by atomic mass is 16.3. The fourth-order valence-electron chi connectivity index (χ4n) is 1.53. The molecule has 0 amide bonds. The number of benzene rings is 1. The highest BCUT2D eigenvalue weighted by Gasteiger charge is 1.99. The number of aromatic hydroxyl groups is 1. The molecule has 17 heavy (non-hydrogen) atoms. The van der Waals surface area contributed by atoms with Crippen molar-refractivity contribution in [2.75, 3.05) is 17.3 Å². The van der Waals surface area contributed by atoms with Crippen molar-refractivity contribution >= 4 is 11.4 Å². The molecule has 1 aromatic carbocycles. The Morgan fingerprint density at radius 3 is 2.53 bits per heavy atom. The Morgan fingerprint density at radius 1 is 1.06 bits per heavy atom. The number of para-hydroxylation sites is 2. The number of phenols is 1. The fraction of sp³-hybridized carbons (Fsp3) is 0.154. The van der Waals surface area contributed by atoms with Crippen molar-refractivity contribution in [1.29, 1.82) is 0 Å². The van der Waals surface area contributed by atoms with E-state index < -0.39 is 0 Å². The lowest BCUT2D eigenvalue weighted by atomic mass is 10.3. The van der Waals surface area contributed by atoms with E-state index in [1.165, 1.54) is 0 Å². The van der Waals surface area contributed by atoms with E-state index in [1.807, 2.05) is 31.2 Å². The van der Waals surface area contributed by atoms with Crippen LogP contribution >= 0.6 is 0 Å². The van der Waals surface area contributed by atoms with E-state index in [0.717, 1.165) is 11.4 Å². The van der Waals surface area contributed by atoms with Crippen LogP contribution in [0.15, 0.2) is 42.6 Å². The fourth-order valence-corrected chi connectivity index (χ4v) is 1.53. The van der Waals surface area contributed by atoms with Crippen LogP contribution in [-0.4, -0.2) is 16.8 Å². The zero-order chi connectivity index (χ0) is 12.1. The molecule has 88 valence electrons. The molecule has 2 rings (SSSR count). The van der Waals surface area contributed by atoms with Crippen molar-refractivity contribution in [1.82, 2.24) is 4.98 Å². The summed E-state index contributed by atoms with van der Waals surface area (Å²) in [5, 5.41) is 15.9. The van der Waals surface area contributed by atoms with Crippen molar-refractivity contribution in [3.8, 4) is 5.75 Å². The first-order valence-electron chi connectivity index (χ1n) is 5.45. The van der Waals surface area contributed by atoms with Gasteiger partial charge in [-0.3, -0.25) is 4.98 Å². The topological polar surface area (TPSA) is 57.2 Å². The summed E-state index contributed by atoms with van der Waals surface area (Å²) in [6, 6.07) is 11.0. The van der Waals surface area contributed by atoms with Gasteiger partial charge in [-0.05, 0) is 31.2 Å². The van der Waals surface area contributed by atoms with Crippen LogP contribution in [0.5, 0.6) is 5.75 Å². The van der Waals surface area contributed by atoms with Crippen molar-refractivity contribution in [3.05, 3.63) is 48.3 Å². The minimum atomic E-state index is 0.247. The van der Waals surface area contributed by atoms with Gasteiger partial charge in [0.2, 0.25) is 0 Å². The monoisotopic (exact) mass is 229 g/mol. The number of phenolic OH excluding ortho intramolecular Hbond substituents is 1. The number of nitrogens with one attached hydrogen (secondary N) is 2. The highest BCUT2D eigenvalue weighted by molar-refractivity contribution is 5.56. The Bertz CT molecular complexity index is 454. The van der Waals surface area contributed by atoms with Gasteiger partial charge in [0, 0.05) is 6.20 Å². The summed E-state index contributed by atoms with van der Waals surface area (Å²) in [4.78, 5) is 4.18. The van der Waals surface area contributed by atoms with Gasteiger partial charge >= 0.3 is 0 Å². The third-order valence-corrected chi connectivity index (χ3v) is 2.47. The second-order valence-corrected chi connectivity index (χ2v) is 3.68. The lowest BCUT2D eigenvalue weighted by Crippen LogP contribution is -2.12. The van der Waals surface area contributed by atoms with Crippen LogP contribution in [0.25, 0.3) is 0 Å². The molecule has 0 unspecified atom stereocenters. The van der Waals surface area contributed by atoms with Crippen LogP contribution in [0.1, 0.15) is 5.69 Å². The quantitative estimate of drug-likeness (QED) is 0.557. The molecular weight excluding hydrogens is 214 g/mol. The third kappa shape index (κ3) is 2.87. The Labute approximate surface area is 100 Å². The summed E-state index contributed by atoms with van der Waals surface area (Å²) in [7, 11) is 0. The number of anilines is 2. The van der Waals surface area contributed by atoms with Crippen LogP contribution in [0.4, 0.5) is 11.4 Å². The summed E-state index contributed by atoms with van der Waals surface area (Å²) < 4.78 is 0. The maximum Gasteiger partial charge on any atom is 0.138 e. The van der Waals surface area contributed by atoms with E-state index >= 15 is 0 Å². The summed E-state index contributed by atoms with van der Waals surface area (Å²) >= 11 is 0. The number of rotatable bonds is 4. The molecule has 0 bridgehead atoms. The van der Waals surface area contributed by atoms with E-state index in [-0.39, 0.29) is 5.75 Å². The molecule has 0 atom stereocenters. The van der Waals surface area contributed by atoms with Crippen LogP contribution in [0, 0.1) is 6.92 Å². The Kier molecular flexibility index (Phi) is 3.45. The lowest BCUT2D eigenvalue weighted by Gasteiger charge is -2.11. The van der Waals surface area contributed by atoms with E-state index in [1.54, 1.807) is 18.3 Å². The largest absolute Gasteiger partial charge is 0.506 e. The van der Waals surface area contributed by atoms with Gasteiger partial charge in [-0.1, -0.05) is 12.1 Å². The average Bonchev–Trinajstić information content (AvgIpc) is 2.34. The van der Waals surface area contributed by atoms with Crippen molar-refractivity contribution < 1.29 is 5.11 Å². The molecule has 0 saturated carbocycles. The first-order valence-corrected chi connectivity index (χ1v) is 5.45. The third-order valence-electron chi connectivity index (χ3n) is 2.47. The van der Waals surface area contributed by atoms with Gasteiger partial charge in [-0.15, -0.1) is 0 Å². The van der Waals surface area contributed by atoms with Gasteiger partial charge in [-0.2, -0.15) is 0 Å². The molecule has 4 heteroatoms. The van der Waals surface area contributed by atoms with Gasteiger partial charge in [0.1, 0.15) is 5.75 Å². The number of aromatic nitrogens is 1. The van der Waals surface area contributed by atoms with Gasteiger partial charge in [0.25, 0.3) is 0 Å². The standard InChI is InChI=1S/C13H15N3O/c1-10-11(6-4-8-14-10)15-9-16-12-5-2-3-7-13(12)17/h2-8,15-17H,9H2,1H3. The Morgan fingerprint density at radius 2 is 1.76 bits per heavy atom. The second-order valence-electron chi connectivity index (χ2n) is 3.68. The normalized spacial score (nSPS) is 9.94. The van der Waals surface area contributed by atoms with Gasteiger partial charge < -0.3 is 15.7 Å². The number of hydrogen-bond acceptors (Lipinski definition) is 4. The van der Waals surface area contributed by atoms with Gasteiger partial charge in [-0.25, -0.2) is 0 Å². The van der Waals surface area contributed by atoms with Gasteiger partial charge in [0.15, 0.2) is 0 Å². The number of pyridine rings is 1. The molecule has 0 aliphatic rings. The van der Waals surface area contributed by atoms with E-state index in [4.69, 9.17) is 0 Å². The predicted molar refractivity (Wildman–Crippen MR) is 69.2 cm³/mol. The van der Waals surface area contributed by atoms with Gasteiger partial charge in [0.05, 0.1) is 23.7 Å². The highest BCUT2D eigenvalue weighted by Crippen LogP contribution is 2.21. The molecule has 3 N–H and O–H groups in total. The summed E-state index contributed by atoms with van der Waals surface area (Å²) in [5.74, 6) is 0.247. The molecular formula is C13H15N3O. The first kappa shape index (κ1) is 11.3.